The number of nitrogens with two attached hydrogens (primary N) is 1. The van der Waals surface area contributed by atoms with E-state index in [2.05, 4.69) is 20.2 Å². The number of benzene rings is 1. The maximum absolute atomic E-state index is 11.8. The summed E-state index contributed by atoms with van der Waals surface area (Å²) in [7, 11) is 0. The molecule has 22 heavy (non-hydrogen) atoms. The molecule has 1 heterocycles. The van der Waals surface area contributed by atoms with E-state index in [1.165, 1.54) is 36.0 Å². The van der Waals surface area contributed by atoms with Gasteiger partial charge in [-0.15, -0.1) is 0 Å². The summed E-state index contributed by atoms with van der Waals surface area (Å²) in [5.41, 5.74) is 5.32. The van der Waals surface area contributed by atoms with Gasteiger partial charge in [-0.3, -0.25) is 0 Å². The van der Waals surface area contributed by atoms with Gasteiger partial charge in [0.05, 0.1) is 0 Å². The van der Waals surface area contributed by atoms with Gasteiger partial charge in [0.2, 0.25) is 0 Å². The number of nitrogens with one attached hydrogen (secondary N) is 1. The number of rotatable bonds is 4. The van der Waals surface area contributed by atoms with Crippen LogP contribution in [-0.2, 0) is 3.74 Å². The molecule has 1 aromatic heterocycles. The van der Waals surface area contributed by atoms with Crippen molar-refractivity contribution >= 4 is 47.5 Å². The zero-order valence-corrected chi connectivity index (χ0v) is 14.0. The summed E-state index contributed by atoms with van der Waals surface area (Å²) in [5.74, 6) is -0.0491. The Hall–Kier alpha value is -1.87. The number of hydrogen-bond donors (Lipinski definition) is 4. The van der Waals surface area contributed by atoms with Crippen LogP contribution in [0.15, 0.2) is 44.4 Å². The fourth-order valence-electron chi connectivity index (χ4n) is 1.48. The molecule has 0 atom stereocenters. The van der Waals surface area contributed by atoms with Crippen LogP contribution in [0.1, 0.15) is 0 Å². The monoisotopic (exact) mass is 385 g/mol. The second kappa shape index (κ2) is 6.49. The predicted octanol–water partition coefficient (Wildman–Crippen LogP) is 0.0504. The van der Waals surface area contributed by atoms with Crippen LogP contribution in [0.3, 0.4) is 0 Å². The quantitative estimate of drug-likeness (QED) is 0.251. The van der Waals surface area contributed by atoms with Crippen molar-refractivity contribution in [2.45, 2.75) is 5.16 Å². The molecular formula is C11H12AsN5O4S. The topological polar surface area (TPSA) is 154 Å². The first-order chi connectivity index (χ1) is 10.3. The van der Waals surface area contributed by atoms with E-state index in [0.29, 0.717) is 10.8 Å². The molecule has 116 valence electrons. The number of hydrogen-bond acceptors (Lipinski definition) is 7. The van der Waals surface area contributed by atoms with Gasteiger partial charge < -0.3 is 0 Å². The Labute approximate surface area is 131 Å². The summed E-state index contributed by atoms with van der Waals surface area (Å²) in [6.07, 6.45) is 1.74. The van der Waals surface area contributed by atoms with Crippen LogP contribution in [0.25, 0.3) is 0 Å². The van der Waals surface area contributed by atoms with Crippen molar-refractivity contribution in [3.05, 3.63) is 34.6 Å². The SMILES string of the molecule is CSc1nc(N)c(N=Nc2ccc([As](=O)(O)O)cc2)c(=O)[nH]1. The zero-order valence-electron chi connectivity index (χ0n) is 11.3. The van der Waals surface area contributed by atoms with Crippen LogP contribution in [0.5, 0.6) is 0 Å². The number of nitrogens with zero attached hydrogens (tertiary/aromatic N) is 3. The normalized spacial score (nSPS) is 12.0. The van der Waals surface area contributed by atoms with E-state index in [1.54, 1.807) is 6.26 Å². The van der Waals surface area contributed by atoms with Crippen molar-refractivity contribution in [3.8, 4) is 0 Å². The second-order valence-electron chi connectivity index (χ2n) is 4.07. The van der Waals surface area contributed by atoms with Crippen molar-refractivity contribution in [1.29, 1.82) is 0 Å². The molecule has 0 bridgehead atoms. The van der Waals surface area contributed by atoms with Gasteiger partial charge in [-0.05, 0) is 0 Å². The molecule has 0 saturated heterocycles. The minimum atomic E-state index is -4.92. The summed E-state index contributed by atoms with van der Waals surface area (Å²) in [4.78, 5) is 18.2. The molecule has 0 radical (unpaired) electrons. The summed E-state index contributed by atoms with van der Waals surface area (Å²) in [5, 5.41) is 7.92. The molecule has 0 unspecified atom stereocenters. The molecule has 0 fully saturated rings. The van der Waals surface area contributed by atoms with Crippen LogP contribution in [-0.4, -0.2) is 38.6 Å². The molecule has 0 amide bonds. The summed E-state index contributed by atoms with van der Waals surface area (Å²) in [6.45, 7) is 0. The first-order valence-electron chi connectivity index (χ1n) is 5.83. The third kappa shape index (κ3) is 3.86. The molecule has 0 aliphatic carbocycles. The van der Waals surface area contributed by atoms with Gasteiger partial charge in [-0.25, -0.2) is 0 Å². The van der Waals surface area contributed by atoms with Gasteiger partial charge in [0.1, 0.15) is 0 Å². The number of azo groups is 1. The van der Waals surface area contributed by atoms with E-state index in [1.807, 2.05) is 0 Å². The Kier molecular flexibility index (Phi) is 4.87. The van der Waals surface area contributed by atoms with Crippen molar-refractivity contribution in [2.75, 3.05) is 12.0 Å². The Balaban J connectivity index is 2.30. The number of aromatic amines is 1. The first-order valence-corrected chi connectivity index (χ1v) is 10.4. The van der Waals surface area contributed by atoms with E-state index in [9.17, 15) is 8.53 Å². The molecule has 2 aromatic rings. The molecule has 0 saturated carbocycles. The molecular weight excluding hydrogens is 373 g/mol. The molecule has 5 N–H and O–H groups in total. The van der Waals surface area contributed by atoms with Crippen molar-refractivity contribution in [3.63, 3.8) is 0 Å². The van der Waals surface area contributed by atoms with Crippen molar-refractivity contribution in [1.82, 2.24) is 9.97 Å². The molecule has 0 spiro atoms. The van der Waals surface area contributed by atoms with Crippen LogP contribution in [0.2, 0.25) is 0 Å². The standard InChI is InChI=1S/C11H12AsN5O4S/c1-22-11-14-9(13)8(10(18)15-11)17-16-7-4-2-6(3-5-7)12(19,20)21/h2-5H,1H3,(H2,19,20,21)(H3,13,14,15,18). The van der Waals surface area contributed by atoms with Crippen LogP contribution in [0.4, 0.5) is 17.2 Å². The number of H-pyrrole nitrogens is 1. The van der Waals surface area contributed by atoms with E-state index in [-0.39, 0.29) is 15.9 Å². The molecule has 0 aliphatic rings. The van der Waals surface area contributed by atoms with E-state index in [0.717, 1.165) is 0 Å². The van der Waals surface area contributed by atoms with Crippen LogP contribution >= 0.6 is 11.8 Å². The van der Waals surface area contributed by atoms with Gasteiger partial charge in [0.15, 0.2) is 0 Å². The predicted molar refractivity (Wildman–Crippen MR) is 82.2 cm³/mol. The Bertz CT molecular complexity index is 814. The fraction of sp³-hybridized carbons (Fsp3) is 0.0909. The number of thioether (sulfide) groups is 1. The van der Waals surface area contributed by atoms with Gasteiger partial charge in [-0.1, -0.05) is 0 Å². The second-order valence-corrected chi connectivity index (χ2v) is 8.23. The average Bonchev–Trinajstić information content (AvgIpc) is 2.45. The van der Waals surface area contributed by atoms with Gasteiger partial charge >= 0.3 is 131 Å². The summed E-state index contributed by atoms with van der Waals surface area (Å²) >= 11 is -3.68. The third-order valence-corrected chi connectivity index (χ3v) is 5.16. The van der Waals surface area contributed by atoms with Crippen molar-refractivity contribution in [2.24, 2.45) is 10.2 Å². The van der Waals surface area contributed by atoms with Gasteiger partial charge in [-0.2, -0.15) is 0 Å². The number of anilines is 1. The first kappa shape index (κ1) is 16.5. The molecule has 11 heteroatoms. The fourth-order valence-corrected chi connectivity index (χ4v) is 2.99. The third-order valence-electron chi connectivity index (χ3n) is 2.55. The minimum absolute atomic E-state index is 0.0491. The molecule has 2 rings (SSSR count). The Morgan fingerprint density at radius 2 is 1.91 bits per heavy atom. The number of nitrogen functional groups attached to an aromatic ring is 1. The summed E-state index contributed by atoms with van der Waals surface area (Å²) in [6, 6.07) is 5.29. The van der Waals surface area contributed by atoms with E-state index in [4.69, 9.17) is 13.9 Å². The van der Waals surface area contributed by atoms with Gasteiger partial charge in [0.25, 0.3) is 0 Å². The van der Waals surface area contributed by atoms with Crippen LogP contribution < -0.4 is 15.6 Å². The maximum atomic E-state index is 11.8. The molecule has 9 nitrogen and oxygen atoms in total. The Morgan fingerprint density at radius 3 is 2.41 bits per heavy atom. The van der Waals surface area contributed by atoms with E-state index < -0.39 is 19.7 Å². The van der Waals surface area contributed by atoms with Crippen molar-refractivity contribution < 1.29 is 11.9 Å². The van der Waals surface area contributed by atoms with E-state index >= 15 is 0 Å². The van der Waals surface area contributed by atoms with Gasteiger partial charge in [0, 0.05) is 0 Å². The average molecular weight is 385 g/mol. The van der Waals surface area contributed by atoms with Crippen LogP contribution in [0, 0.1) is 0 Å². The Morgan fingerprint density at radius 1 is 1.27 bits per heavy atom. The molecule has 0 aliphatic heterocycles. The number of aromatic nitrogens is 2. The summed E-state index contributed by atoms with van der Waals surface area (Å²) < 4.78 is 29.1. The zero-order chi connectivity index (χ0) is 16.3. The molecule has 1 aromatic carbocycles.